The Balaban J connectivity index is 1.80. The molecule has 3 aromatic rings. The highest BCUT2D eigenvalue weighted by Crippen LogP contribution is 2.35. The fraction of sp³-hybridized carbons (Fsp3) is 0.444. The van der Waals surface area contributed by atoms with Crippen molar-refractivity contribution in [3.8, 4) is 0 Å². The quantitative estimate of drug-likeness (QED) is 0.758. The summed E-state index contributed by atoms with van der Waals surface area (Å²) in [6.45, 7) is 2.77. The Bertz CT molecular complexity index is 1000. The standard InChI is InChI=1S/C18H20N4O2S/c1-2-3-9-22-10-20-14-13-12(21-16(23)11-5-4-6-11)7-8-19-17(13)25-15(14)18(22)24/h7-8,10-11H,2-6,9H2,1H3,(H,19,21,23). The third kappa shape index (κ3) is 2.82. The fourth-order valence-electron chi connectivity index (χ4n) is 3.08. The summed E-state index contributed by atoms with van der Waals surface area (Å²) in [5.41, 5.74) is 1.30. The van der Waals surface area contributed by atoms with Crippen molar-refractivity contribution in [2.24, 2.45) is 5.92 Å². The zero-order valence-electron chi connectivity index (χ0n) is 14.1. The van der Waals surface area contributed by atoms with Gasteiger partial charge in [-0.25, -0.2) is 9.97 Å². The molecule has 0 atom stereocenters. The van der Waals surface area contributed by atoms with Crippen LogP contribution in [0, 0.1) is 5.92 Å². The molecule has 0 unspecified atom stereocenters. The average Bonchev–Trinajstić information content (AvgIpc) is 2.93. The van der Waals surface area contributed by atoms with Crippen molar-refractivity contribution in [1.82, 2.24) is 14.5 Å². The molecule has 0 bridgehead atoms. The van der Waals surface area contributed by atoms with Gasteiger partial charge in [-0.1, -0.05) is 19.8 Å². The number of aryl methyl sites for hydroxylation is 1. The minimum atomic E-state index is -0.0299. The molecule has 0 radical (unpaired) electrons. The van der Waals surface area contributed by atoms with Crippen LogP contribution in [0.2, 0.25) is 0 Å². The number of unbranched alkanes of at least 4 members (excludes halogenated alkanes) is 1. The molecular formula is C18H20N4O2S. The van der Waals surface area contributed by atoms with Gasteiger partial charge in [0.2, 0.25) is 5.91 Å². The van der Waals surface area contributed by atoms with E-state index in [-0.39, 0.29) is 17.4 Å². The van der Waals surface area contributed by atoms with E-state index < -0.39 is 0 Å². The Hall–Kier alpha value is -2.28. The van der Waals surface area contributed by atoms with Crippen molar-refractivity contribution in [2.45, 2.75) is 45.6 Å². The van der Waals surface area contributed by atoms with E-state index in [0.29, 0.717) is 22.4 Å². The van der Waals surface area contributed by atoms with Crippen LogP contribution >= 0.6 is 11.3 Å². The Morgan fingerprint density at radius 3 is 2.96 bits per heavy atom. The van der Waals surface area contributed by atoms with E-state index in [1.807, 2.05) is 0 Å². The summed E-state index contributed by atoms with van der Waals surface area (Å²) in [4.78, 5) is 34.7. The first kappa shape index (κ1) is 16.2. The molecule has 1 saturated carbocycles. The van der Waals surface area contributed by atoms with Gasteiger partial charge in [0.1, 0.15) is 9.53 Å². The van der Waals surface area contributed by atoms with Crippen molar-refractivity contribution in [2.75, 3.05) is 5.32 Å². The predicted molar refractivity (Wildman–Crippen MR) is 100 cm³/mol. The number of rotatable bonds is 5. The highest BCUT2D eigenvalue weighted by molar-refractivity contribution is 7.25. The van der Waals surface area contributed by atoms with Gasteiger partial charge >= 0.3 is 0 Å². The smallest absolute Gasteiger partial charge is 0.271 e. The minimum absolute atomic E-state index is 0.0299. The highest BCUT2D eigenvalue weighted by Gasteiger charge is 2.26. The fourth-order valence-corrected chi connectivity index (χ4v) is 4.15. The van der Waals surface area contributed by atoms with Crippen LogP contribution in [0.4, 0.5) is 5.69 Å². The molecule has 6 nitrogen and oxygen atoms in total. The maximum atomic E-state index is 12.7. The number of nitrogens with zero attached hydrogens (tertiary/aromatic N) is 3. The van der Waals surface area contributed by atoms with E-state index in [1.165, 1.54) is 11.3 Å². The molecule has 1 fully saturated rings. The van der Waals surface area contributed by atoms with Crippen LogP contribution in [0.25, 0.3) is 20.4 Å². The van der Waals surface area contributed by atoms with Gasteiger partial charge in [-0.3, -0.25) is 14.2 Å². The monoisotopic (exact) mass is 356 g/mol. The molecule has 7 heteroatoms. The molecule has 130 valence electrons. The molecule has 0 spiro atoms. The van der Waals surface area contributed by atoms with E-state index in [2.05, 4.69) is 22.2 Å². The molecule has 1 aliphatic rings. The number of pyridine rings is 1. The second kappa shape index (κ2) is 6.55. The molecule has 0 aliphatic heterocycles. The lowest BCUT2D eigenvalue weighted by Gasteiger charge is -2.24. The Morgan fingerprint density at radius 2 is 2.24 bits per heavy atom. The third-order valence-electron chi connectivity index (χ3n) is 4.83. The average molecular weight is 356 g/mol. The normalized spacial score (nSPS) is 14.8. The van der Waals surface area contributed by atoms with Crippen LogP contribution in [0.1, 0.15) is 39.0 Å². The van der Waals surface area contributed by atoms with Crippen LogP contribution in [0.3, 0.4) is 0 Å². The van der Waals surface area contributed by atoms with E-state index in [4.69, 9.17) is 0 Å². The van der Waals surface area contributed by atoms with E-state index >= 15 is 0 Å². The number of carbonyl (C=O) groups excluding carboxylic acids is 1. The molecule has 0 saturated heterocycles. The van der Waals surface area contributed by atoms with E-state index in [0.717, 1.165) is 42.3 Å². The molecule has 3 aromatic heterocycles. The Morgan fingerprint density at radius 1 is 1.40 bits per heavy atom. The lowest BCUT2D eigenvalue weighted by molar-refractivity contribution is -0.122. The number of aromatic nitrogens is 3. The van der Waals surface area contributed by atoms with Crippen LogP contribution in [0.5, 0.6) is 0 Å². The predicted octanol–water partition coefficient (Wildman–Crippen LogP) is 3.54. The first-order valence-corrected chi connectivity index (χ1v) is 9.58. The van der Waals surface area contributed by atoms with Crippen molar-refractivity contribution >= 4 is 43.4 Å². The highest BCUT2D eigenvalue weighted by atomic mass is 32.1. The van der Waals surface area contributed by atoms with Crippen LogP contribution in [-0.2, 0) is 11.3 Å². The number of nitrogens with one attached hydrogen (secondary N) is 1. The maximum absolute atomic E-state index is 12.7. The molecule has 3 heterocycles. The third-order valence-corrected chi connectivity index (χ3v) is 5.91. The van der Waals surface area contributed by atoms with Gasteiger partial charge in [0.15, 0.2) is 0 Å². The van der Waals surface area contributed by atoms with Gasteiger partial charge in [0.05, 0.1) is 22.9 Å². The summed E-state index contributed by atoms with van der Waals surface area (Å²) in [5, 5.41) is 3.79. The molecule has 1 N–H and O–H groups in total. The number of hydrogen-bond donors (Lipinski definition) is 1. The van der Waals surface area contributed by atoms with E-state index in [9.17, 15) is 9.59 Å². The zero-order valence-corrected chi connectivity index (χ0v) is 14.9. The van der Waals surface area contributed by atoms with Gasteiger partial charge in [0.25, 0.3) is 5.56 Å². The number of amides is 1. The SMILES string of the molecule is CCCCn1cnc2c(sc3nccc(NC(=O)C4CCC4)c32)c1=O. The number of fused-ring (bicyclic) bond motifs is 3. The Labute approximate surface area is 148 Å². The summed E-state index contributed by atoms with van der Waals surface area (Å²) >= 11 is 1.35. The van der Waals surface area contributed by atoms with Gasteiger partial charge in [0, 0.05) is 18.7 Å². The van der Waals surface area contributed by atoms with Crippen molar-refractivity contribution in [3.05, 3.63) is 28.9 Å². The first-order chi connectivity index (χ1) is 12.2. The summed E-state index contributed by atoms with van der Waals surface area (Å²) < 4.78 is 2.26. The molecule has 1 aliphatic carbocycles. The molecular weight excluding hydrogens is 336 g/mol. The zero-order chi connectivity index (χ0) is 17.4. The lowest BCUT2D eigenvalue weighted by Crippen LogP contribution is -2.28. The second-order valence-corrected chi connectivity index (χ2v) is 7.53. The minimum Gasteiger partial charge on any atom is -0.325 e. The Kier molecular flexibility index (Phi) is 4.25. The van der Waals surface area contributed by atoms with Gasteiger partial charge in [-0.15, -0.1) is 11.3 Å². The maximum Gasteiger partial charge on any atom is 0.271 e. The summed E-state index contributed by atoms with van der Waals surface area (Å²) in [6.07, 6.45) is 8.26. The number of carbonyl (C=O) groups is 1. The van der Waals surface area contributed by atoms with E-state index in [1.54, 1.807) is 23.2 Å². The van der Waals surface area contributed by atoms with Crippen LogP contribution in [0.15, 0.2) is 23.4 Å². The number of thiophene rings is 1. The molecule has 4 rings (SSSR count). The summed E-state index contributed by atoms with van der Waals surface area (Å²) in [7, 11) is 0. The second-order valence-electron chi connectivity index (χ2n) is 6.53. The largest absolute Gasteiger partial charge is 0.325 e. The molecule has 0 aromatic carbocycles. The number of hydrogen-bond acceptors (Lipinski definition) is 5. The summed E-state index contributed by atoms with van der Waals surface area (Å²) in [6, 6.07) is 1.79. The lowest BCUT2D eigenvalue weighted by atomic mass is 9.85. The van der Waals surface area contributed by atoms with Gasteiger partial charge in [-0.2, -0.15) is 0 Å². The summed E-state index contributed by atoms with van der Waals surface area (Å²) in [5.74, 6) is 0.154. The van der Waals surface area contributed by atoms with Crippen molar-refractivity contribution in [1.29, 1.82) is 0 Å². The van der Waals surface area contributed by atoms with Crippen LogP contribution in [-0.4, -0.2) is 20.4 Å². The molecule has 1 amide bonds. The van der Waals surface area contributed by atoms with Gasteiger partial charge in [-0.05, 0) is 25.3 Å². The van der Waals surface area contributed by atoms with Gasteiger partial charge < -0.3 is 5.32 Å². The molecule has 25 heavy (non-hydrogen) atoms. The van der Waals surface area contributed by atoms with Crippen molar-refractivity contribution in [3.63, 3.8) is 0 Å². The van der Waals surface area contributed by atoms with Crippen molar-refractivity contribution < 1.29 is 4.79 Å². The first-order valence-electron chi connectivity index (χ1n) is 8.76. The topological polar surface area (TPSA) is 76.9 Å². The van der Waals surface area contributed by atoms with Crippen LogP contribution < -0.4 is 10.9 Å². The number of anilines is 1.